The predicted octanol–water partition coefficient (Wildman–Crippen LogP) is 2.02. The van der Waals surface area contributed by atoms with Gasteiger partial charge in [-0.25, -0.2) is 18.1 Å². The van der Waals surface area contributed by atoms with Crippen molar-refractivity contribution in [1.82, 2.24) is 9.71 Å². The van der Waals surface area contributed by atoms with Crippen molar-refractivity contribution in [2.75, 3.05) is 25.1 Å². The minimum atomic E-state index is -3.53. The SMILES string of the molecule is COc1ccc(S(=O)(=O)NC2CCN(c3nccs3)C2)cc1C. The molecule has 0 amide bonds. The highest BCUT2D eigenvalue weighted by Gasteiger charge is 2.28. The van der Waals surface area contributed by atoms with Crippen molar-refractivity contribution in [2.24, 2.45) is 0 Å². The molecule has 2 heterocycles. The van der Waals surface area contributed by atoms with Crippen molar-refractivity contribution in [3.05, 3.63) is 35.3 Å². The number of methoxy groups -OCH3 is 1. The third kappa shape index (κ3) is 3.49. The first-order chi connectivity index (χ1) is 11.0. The van der Waals surface area contributed by atoms with Crippen molar-refractivity contribution < 1.29 is 13.2 Å². The Morgan fingerprint density at radius 1 is 1.43 bits per heavy atom. The number of nitrogens with zero attached hydrogens (tertiary/aromatic N) is 2. The summed E-state index contributed by atoms with van der Waals surface area (Å²) in [7, 11) is -1.96. The average molecular weight is 353 g/mol. The van der Waals surface area contributed by atoms with Crippen LogP contribution in [0.5, 0.6) is 5.75 Å². The lowest BCUT2D eigenvalue weighted by Gasteiger charge is -2.16. The van der Waals surface area contributed by atoms with Crippen molar-refractivity contribution in [3.8, 4) is 5.75 Å². The quantitative estimate of drug-likeness (QED) is 0.890. The van der Waals surface area contributed by atoms with Crippen LogP contribution in [0.3, 0.4) is 0 Å². The van der Waals surface area contributed by atoms with E-state index in [2.05, 4.69) is 14.6 Å². The lowest BCUT2D eigenvalue weighted by molar-refractivity contribution is 0.411. The van der Waals surface area contributed by atoms with E-state index >= 15 is 0 Å². The van der Waals surface area contributed by atoms with Gasteiger partial charge in [0.2, 0.25) is 10.0 Å². The maximum atomic E-state index is 12.5. The molecule has 124 valence electrons. The van der Waals surface area contributed by atoms with E-state index in [1.807, 2.05) is 12.3 Å². The summed E-state index contributed by atoms with van der Waals surface area (Å²) >= 11 is 1.57. The molecule has 1 N–H and O–H groups in total. The second kappa shape index (κ2) is 6.46. The number of rotatable bonds is 5. The molecule has 6 nitrogen and oxygen atoms in total. The fourth-order valence-corrected chi connectivity index (χ4v) is 4.73. The van der Waals surface area contributed by atoms with Crippen LogP contribution in [0.15, 0.2) is 34.7 Å². The molecule has 0 spiro atoms. The Morgan fingerprint density at radius 3 is 2.91 bits per heavy atom. The molecule has 1 saturated heterocycles. The number of ether oxygens (including phenoxy) is 1. The lowest BCUT2D eigenvalue weighted by Crippen LogP contribution is -2.37. The van der Waals surface area contributed by atoms with Crippen LogP contribution in [0.1, 0.15) is 12.0 Å². The van der Waals surface area contributed by atoms with E-state index in [0.717, 1.165) is 23.7 Å². The molecule has 1 atom stereocenters. The normalized spacial score (nSPS) is 18.3. The van der Waals surface area contributed by atoms with Crippen LogP contribution in [-0.4, -0.2) is 39.6 Å². The lowest BCUT2D eigenvalue weighted by atomic mass is 10.2. The molecule has 23 heavy (non-hydrogen) atoms. The van der Waals surface area contributed by atoms with Crippen LogP contribution in [0.2, 0.25) is 0 Å². The zero-order valence-corrected chi connectivity index (χ0v) is 14.7. The molecule has 8 heteroatoms. The molecule has 1 aromatic heterocycles. The van der Waals surface area contributed by atoms with Crippen molar-refractivity contribution in [1.29, 1.82) is 0 Å². The molecule has 1 aliphatic rings. The van der Waals surface area contributed by atoms with E-state index in [4.69, 9.17) is 4.74 Å². The highest BCUT2D eigenvalue weighted by atomic mass is 32.2. The van der Waals surface area contributed by atoms with Crippen LogP contribution in [0.25, 0.3) is 0 Å². The number of aromatic nitrogens is 1. The third-order valence-corrected chi connectivity index (χ3v) is 6.23. The third-order valence-electron chi connectivity index (χ3n) is 3.88. The summed E-state index contributed by atoms with van der Waals surface area (Å²) < 4.78 is 33.1. The number of aryl methyl sites for hydroxylation is 1. The number of hydrogen-bond acceptors (Lipinski definition) is 6. The number of benzene rings is 1. The monoisotopic (exact) mass is 353 g/mol. The van der Waals surface area contributed by atoms with E-state index in [0.29, 0.717) is 12.3 Å². The zero-order valence-electron chi connectivity index (χ0n) is 13.0. The molecule has 1 aromatic carbocycles. The van der Waals surface area contributed by atoms with Gasteiger partial charge < -0.3 is 9.64 Å². The van der Waals surface area contributed by atoms with Crippen LogP contribution in [0.4, 0.5) is 5.13 Å². The first-order valence-electron chi connectivity index (χ1n) is 7.31. The van der Waals surface area contributed by atoms with E-state index < -0.39 is 10.0 Å². The Labute approximate surface area is 140 Å². The molecule has 0 radical (unpaired) electrons. The fraction of sp³-hybridized carbons (Fsp3) is 0.400. The average Bonchev–Trinajstić information content (AvgIpc) is 3.17. The van der Waals surface area contributed by atoms with Gasteiger partial charge in [0.1, 0.15) is 5.75 Å². The van der Waals surface area contributed by atoms with Crippen molar-refractivity contribution in [3.63, 3.8) is 0 Å². The van der Waals surface area contributed by atoms with Gasteiger partial charge >= 0.3 is 0 Å². The summed E-state index contributed by atoms with van der Waals surface area (Å²) in [5.74, 6) is 0.680. The van der Waals surface area contributed by atoms with Crippen LogP contribution >= 0.6 is 11.3 Å². The van der Waals surface area contributed by atoms with E-state index in [-0.39, 0.29) is 10.9 Å². The van der Waals surface area contributed by atoms with Gasteiger partial charge in [0.05, 0.1) is 12.0 Å². The smallest absolute Gasteiger partial charge is 0.240 e. The van der Waals surface area contributed by atoms with Crippen LogP contribution < -0.4 is 14.4 Å². The summed E-state index contributed by atoms with van der Waals surface area (Å²) in [6.45, 7) is 3.28. The fourth-order valence-electron chi connectivity index (χ4n) is 2.71. The molecule has 0 aliphatic carbocycles. The van der Waals surface area contributed by atoms with E-state index in [1.54, 1.807) is 42.8 Å². The molecule has 0 saturated carbocycles. The van der Waals surface area contributed by atoms with Gasteiger partial charge in [-0.05, 0) is 37.1 Å². The van der Waals surface area contributed by atoms with E-state index in [1.165, 1.54) is 0 Å². The summed E-state index contributed by atoms with van der Waals surface area (Å²) in [4.78, 5) is 6.65. The van der Waals surface area contributed by atoms with Gasteiger partial charge in [-0.2, -0.15) is 0 Å². The Bertz CT molecular complexity index is 775. The van der Waals surface area contributed by atoms with Gasteiger partial charge in [-0.3, -0.25) is 0 Å². The Morgan fingerprint density at radius 2 is 2.26 bits per heavy atom. The molecule has 0 bridgehead atoms. The van der Waals surface area contributed by atoms with Gasteiger partial charge in [0.25, 0.3) is 0 Å². The largest absolute Gasteiger partial charge is 0.496 e. The summed E-state index contributed by atoms with van der Waals surface area (Å²) in [5, 5.41) is 2.86. The Kier molecular flexibility index (Phi) is 4.56. The maximum Gasteiger partial charge on any atom is 0.240 e. The second-order valence-corrected chi connectivity index (χ2v) is 8.09. The topological polar surface area (TPSA) is 71.5 Å². The minimum Gasteiger partial charge on any atom is -0.496 e. The summed E-state index contributed by atoms with van der Waals surface area (Å²) in [6, 6.07) is 4.78. The van der Waals surface area contributed by atoms with Crippen LogP contribution in [0, 0.1) is 6.92 Å². The molecular formula is C15H19N3O3S2. The first kappa shape index (κ1) is 16.2. The summed E-state index contributed by atoms with van der Waals surface area (Å²) in [5.41, 5.74) is 0.797. The molecule has 2 aromatic rings. The van der Waals surface area contributed by atoms with Gasteiger partial charge in [-0.1, -0.05) is 0 Å². The first-order valence-corrected chi connectivity index (χ1v) is 9.67. The van der Waals surface area contributed by atoms with Crippen molar-refractivity contribution in [2.45, 2.75) is 24.3 Å². The molecule has 1 unspecified atom stereocenters. The predicted molar refractivity (Wildman–Crippen MR) is 90.8 cm³/mol. The van der Waals surface area contributed by atoms with Crippen molar-refractivity contribution >= 4 is 26.5 Å². The second-order valence-electron chi connectivity index (χ2n) is 5.50. The standard InChI is InChI=1S/C15H19N3O3S2/c1-11-9-13(3-4-14(11)21-2)23(19,20)17-12-5-7-18(10-12)15-16-6-8-22-15/h3-4,6,8-9,12,17H,5,7,10H2,1-2H3. The molecular weight excluding hydrogens is 334 g/mol. The van der Waals surface area contributed by atoms with E-state index in [9.17, 15) is 8.42 Å². The molecule has 1 aliphatic heterocycles. The molecule has 1 fully saturated rings. The summed E-state index contributed by atoms with van der Waals surface area (Å²) in [6.07, 6.45) is 2.53. The number of anilines is 1. The van der Waals surface area contributed by atoms with Gasteiger partial charge in [0, 0.05) is 30.7 Å². The Hall–Kier alpha value is -1.64. The molecule has 3 rings (SSSR count). The highest BCUT2D eigenvalue weighted by molar-refractivity contribution is 7.89. The number of thiazole rings is 1. The van der Waals surface area contributed by atoms with Crippen LogP contribution in [-0.2, 0) is 10.0 Å². The Balaban J connectivity index is 1.71. The zero-order chi connectivity index (χ0) is 16.4. The van der Waals surface area contributed by atoms with Gasteiger partial charge in [0.15, 0.2) is 5.13 Å². The number of nitrogens with one attached hydrogen (secondary N) is 1. The highest BCUT2D eigenvalue weighted by Crippen LogP contribution is 2.25. The van der Waals surface area contributed by atoms with Gasteiger partial charge in [-0.15, -0.1) is 11.3 Å². The minimum absolute atomic E-state index is 0.105. The number of hydrogen-bond donors (Lipinski definition) is 1. The maximum absolute atomic E-state index is 12.5. The number of sulfonamides is 1.